The Morgan fingerprint density at radius 2 is 2.00 bits per heavy atom. The molecule has 5 heteroatoms. The summed E-state index contributed by atoms with van der Waals surface area (Å²) < 4.78 is 0. The molecule has 2 saturated heterocycles. The van der Waals surface area contributed by atoms with Crippen LogP contribution in [0, 0.1) is 19.8 Å². The standard InChI is InChI=1S/C17H26N2OS.ClH/c1-10-6-16(12(3)21-10)11(2)18-17(20)9-13-7-14-4-5-15(8-13)19-14;/h6,11,13-15,19H,4-5,7-9H2,1-3H3,(H,18,20);1H. The van der Waals surface area contributed by atoms with Crippen LogP contribution in [0.4, 0.5) is 0 Å². The number of hydrogen-bond donors (Lipinski definition) is 2. The van der Waals surface area contributed by atoms with Crippen molar-refractivity contribution in [3.8, 4) is 0 Å². The monoisotopic (exact) mass is 342 g/mol. The molecule has 3 unspecified atom stereocenters. The Morgan fingerprint density at radius 1 is 1.36 bits per heavy atom. The van der Waals surface area contributed by atoms with Crippen molar-refractivity contribution in [1.82, 2.24) is 10.6 Å². The van der Waals surface area contributed by atoms with Gasteiger partial charge in [0.1, 0.15) is 0 Å². The molecule has 3 nitrogen and oxygen atoms in total. The lowest BCUT2D eigenvalue weighted by atomic mass is 9.89. The third-order valence-corrected chi connectivity index (χ3v) is 5.95. The van der Waals surface area contributed by atoms with Gasteiger partial charge in [0.05, 0.1) is 6.04 Å². The highest BCUT2D eigenvalue weighted by molar-refractivity contribution is 7.12. The minimum absolute atomic E-state index is 0. The molecular formula is C17H27ClN2OS. The second-order valence-corrected chi connectivity index (χ2v) is 8.30. The molecule has 2 aliphatic rings. The van der Waals surface area contributed by atoms with Gasteiger partial charge < -0.3 is 10.6 Å². The van der Waals surface area contributed by atoms with E-state index in [1.165, 1.54) is 41.0 Å². The Bertz CT molecular complexity index is 519. The fourth-order valence-corrected chi connectivity index (χ4v) is 5.08. The quantitative estimate of drug-likeness (QED) is 0.871. The van der Waals surface area contributed by atoms with Gasteiger partial charge in [-0.05, 0) is 64.0 Å². The summed E-state index contributed by atoms with van der Waals surface area (Å²) in [5, 5.41) is 6.84. The summed E-state index contributed by atoms with van der Waals surface area (Å²) in [4.78, 5) is 15.0. The van der Waals surface area contributed by atoms with Crippen LogP contribution in [-0.4, -0.2) is 18.0 Å². The molecule has 0 aliphatic carbocycles. The number of piperidine rings is 1. The molecule has 3 rings (SSSR count). The largest absolute Gasteiger partial charge is 0.350 e. The number of halogens is 1. The van der Waals surface area contributed by atoms with Gasteiger partial charge in [-0.15, -0.1) is 23.7 Å². The van der Waals surface area contributed by atoms with E-state index in [1.807, 2.05) is 11.3 Å². The summed E-state index contributed by atoms with van der Waals surface area (Å²) in [7, 11) is 0. The first-order valence-electron chi connectivity index (χ1n) is 8.13. The minimum Gasteiger partial charge on any atom is -0.350 e. The smallest absolute Gasteiger partial charge is 0.220 e. The third kappa shape index (κ3) is 4.03. The van der Waals surface area contributed by atoms with Crippen LogP contribution in [0.2, 0.25) is 0 Å². The first-order valence-corrected chi connectivity index (χ1v) is 8.95. The molecule has 1 aromatic heterocycles. The van der Waals surface area contributed by atoms with E-state index in [0.29, 0.717) is 24.4 Å². The van der Waals surface area contributed by atoms with Crippen molar-refractivity contribution < 1.29 is 4.79 Å². The van der Waals surface area contributed by atoms with Gasteiger partial charge in [0.2, 0.25) is 5.91 Å². The molecule has 2 aliphatic heterocycles. The molecule has 2 bridgehead atoms. The van der Waals surface area contributed by atoms with E-state index in [-0.39, 0.29) is 24.4 Å². The van der Waals surface area contributed by atoms with Crippen molar-refractivity contribution in [1.29, 1.82) is 0 Å². The molecule has 3 atom stereocenters. The average molecular weight is 343 g/mol. The Hall–Kier alpha value is -0.580. The topological polar surface area (TPSA) is 41.1 Å². The van der Waals surface area contributed by atoms with E-state index >= 15 is 0 Å². The lowest BCUT2D eigenvalue weighted by molar-refractivity contribution is -0.122. The Kier molecular flexibility index (Phi) is 5.92. The van der Waals surface area contributed by atoms with Crippen LogP contribution >= 0.6 is 23.7 Å². The number of amides is 1. The van der Waals surface area contributed by atoms with Gasteiger partial charge in [0.15, 0.2) is 0 Å². The minimum atomic E-state index is 0. The van der Waals surface area contributed by atoms with Crippen LogP contribution in [0.5, 0.6) is 0 Å². The van der Waals surface area contributed by atoms with Crippen molar-refractivity contribution in [2.24, 2.45) is 5.92 Å². The number of thiophene rings is 1. The average Bonchev–Trinajstić information content (AvgIpc) is 2.91. The van der Waals surface area contributed by atoms with Gasteiger partial charge in [-0.1, -0.05) is 0 Å². The fourth-order valence-electron chi connectivity index (χ4n) is 4.06. The number of rotatable bonds is 4. The van der Waals surface area contributed by atoms with Crippen LogP contribution in [0.1, 0.15) is 60.4 Å². The summed E-state index contributed by atoms with van der Waals surface area (Å²) in [6, 6.07) is 3.66. The summed E-state index contributed by atoms with van der Waals surface area (Å²) >= 11 is 1.81. The molecule has 2 N–H and O–H groups in total. The second kappa shape index (κ2) is 7.33. The predicted molar refractivity (Wildman–Crippen MR) is 94.9 cm³/mol. The van der Waals surface area contributed by atoms with Crippen molar-refractivity contribution in [2.45, 2.75) is 71.0 Å². The van der Waals surface area contributed by atoms with Gasteiger partial charge in [0, 0.05) is 28.3 Å². The molecule has 0 aromatic carbocycles. The normalized spacial score (nSPS) is 28.0. The summed E-state index contributed by atoms with van der Waals surface area (Å²) in [5.41, 5.74) is 1.27. The predicted octanol–water partition coefficient (Wildman–Crippen LogP) is 3.88. The van der Waals surface area contributed by atoms with Crippen molar-refractivity contribution in [3.63, 3.8) is 0 Å². The van der Waals surface area contributed by atoms with E-state index in [2.05, 4.69) is 37.5 Å². The van der Waals surface area contributed by atoms with E-state index in [4.69, 9.17) is 0 Å². The number of aryl methyl sites for hydroxylation is 2. The number of hydrogen-bond acceptors (Lipinski definition) is 3. The van der Waals surface area contributed by atoms with E-state index in [0.717, 1.165) is 0 Å². The van der Waals surface area contributed by atoms with Gasteiger partial charge in [-0.3, -0.25) is 4.79 Å². The number of carbonyl (C=O) groups excluding carboxylic acids is 1. The SMILES string of the molecule is Cc1cc(C(C)NC(=O)CC2CC3CCC(C2)N3)c(C)s1.Cl. The van der Waals surface area contributed by atoms with Crippen molar-refractivity contribution in [3.05, 3.63) is 21.4 Å². The third-order valence-electron chi connectivity index (χ3n) is 4.97. The van der Waals surface area contributed by atoms with Crippen LogP contribution in [0.15, 0.2) is 6.07 Å². The molecule has 0 spiro atoms. The molecule has 124 valence electrons. The number of carbonyl (C=O) groups is 1. The maximum Gasteiger partial charge on any atom is 0.220 e. The highest BCUT2D eigenvalue weighted by Crippen LogP contribution is 2.33. The Balaban J connectivity index is 0.00000176. The van der Waals surface area contributed by atoms with Gasteiger partial charge in [-0.2, -0.15) is 0 Å². The number of nitrogens with one attached hydrogen (secondary N) is 2. The fraction of sp³-hybridized carbons (Fsp3) is 0.706. The first kappa shape index (κ1) is 17.8. The summed E-state index contributed by atoms with van der Waals surface area (Å²) in [6.45, 7) is 6.36. The Labute approximate surface area is 143 Å². The van der Waals surface area contributed by atoms with Gasteiger partial charge in [-0.25, -0.2) is 0 Å². The van der Waals surface area contributed by atoms with Gasteiger partial charge in [0.25, 0.3) is 0 Å². The Morgan fingerprint density at radius 3 is 2.55 bits per heavy atom. The first-order chi connectivity index (χ1) is 10.0. The van der Waals surface area contributed by atoms with Crippen LogP contribution in [0.3, 0.4) is 0 Å². The summed E-state index contributed by atoms with van der Waals surface area (Å²) in [6.07, 6.45) is 5.64. The molecule has 22 heavy (non-hydrogen) atoms. The van der Waals surface area contributed by atoms with Gasteiger partial charge >= 0.3 is 0 Å². The zero-order valence-corrected chi connectivity index (χ0v) is 15.3. The van der Waals surface area contributed by atoms with Crippen LogP contribution < -0.4 is 10.6 Å². The molecule has 2 fully saturated rings. The van der Waals surface area contributed by atoms with E-state index in [1.54, 1.807) is 0 Å². The number of fused-ring (bicyclic) bond motifs is 2. The van der Waals surface area contributed by atoms with Crippen LogP contribution in [0.25, 0.3) is 0 Å². The molecule has 0 saturated carbocycles. The van der Waals surface area contributed by atoms with E-state index < -0.39 is 0 Å². The van der Waals surface area contributed by atoms with Crippen molar-refractivity contribution >= 4 is 29.7 Å². The second-order valence-electron chi connectivity index (χ2n) is 6.84. The maximum atomic E-state index is 12.3. The molecular weight excluding hydrogens is 316 g/mol. The van der Waals surface area contributed by atoms with E-state index in [9.17, 15) is 4.79 Å². The zero-order valence-electron chi connectivity index (χ0n) is 13.6. The lowest BCUT2D eigenvalue weighted by Crippen LogP contribution is -2.40. The van der Waals surface area contributed by atoms with Crippen LogP contribution in [-0.2, 0) is 4.79 Å². The lowest BCUT2D eigenvalue weighted by Gasteiger charge is -2.29. The highest BCUT2D eigenvalue weighted by atomic mass is 35.5. The maximum absolute atomic E-state index is 12.3. The molecule has 1 aromatic rings. The molecule has 3 heterocycles. The summed E-state index contributed by atoms with van der Waals surface area (Å²) in [5.74, 6) is 0.790. The highest BCUT2D eigenvalue weighted by Gasteiger charge is 2.34. The molecule has 0 radical (unpaired) electrons. The zero-order chi connectivity index (χ0) is 15.0. The van der Waals surface area contributed by atoms with Crippen molar-refractivity contribution in [2.75, 3.05) is 0 Å². The molecule has 1 amide bonds.